The lowest BCUT2D eigenvalue weighted by molar-refractivity contribution is -0.131. The van der Waals surface area contributed by atoms with Crippen molar-refractivity contribution < 1.29 is 14.3 Å². The summed E-state index contributed by atoms with van der Waals surface area (Å²) < 4.78 is 10.8. The average molecular weight is 395 g/mol. The summed E-state index contributed by atoms with van der Waals surface area (Å²) in [6, 6.07) is 11.2. The molecule has 0 heterocycles. The Kier molecular flexibility index (Phi) is 6.96. The Hall–Kier alpha value is -1.71. The van der Waals surface area contributed by atoms with Crippen LogP contribution in [-0.4, -0.2) is 12.6 Å². The van der Waals surface area contributed by atoms with Gasteiger partial charge in [-0.2, -0.15) is 0 Å². The minimum Gasteiger partial charge on any atom is -0.490 e. The minimum atomic E-state index is -0.339. The largest absolute Gasteiger partial charge is 0.490 e. The molecule has 0 aromatic heterocycles. The number of carbonyl (C=O) groups excluding carboxylic acids is 1. The number of esters is 1. The highest BCUT2D eigenvalue weighted by atomic mass is 35.5. The topological polar surface area (TPSA) is 35.5 Å². The summed E-state index contributed by atoms with van der Waals surface area (Å²) in [4.78, 5) is 11.1. The van der Waals surface area contributed by atoms with Crippen LogP contribution in [0.4, 0.5) is 0 Å². The highest BCUT2D eigenvalue weighted by Gasteiger charge is 2.25. The third kappa shape index (κ3) is 4.93. The number of ether oxygens (including phenoxy) is 2. The zero-order valence-corrected chi connectivity index (χ0v) is 17.1. The predicted molar refractivity (Wildman–Crippen MR) is 107 cm³/mol. The van der Waals surface area contributed by atoms with Gasteiger partial charge in [-0.25, -0.2) is 0 Å². The van der Waals surface area contributed by atoms with Gasteiger partial charge >= 0.3 is 5.97 Å². The van der Waals surface area contributed by atoms with Gasteiger partial charge in [-0.3, -0.25) is 4.79 Å². The molecule has 2 aromatic rings. The number of benzene rings is 2. The SMILES string of the molecule is CCCCOc1c(Cl)cc(C(C)(C)c2ccc(OC(C)=O)cc2)cc1Cl. The summed E-state index contributed by atoms with van der Waals surface area (Å²) in [5.41, 5.74) is 1.71. The maximum absolute atomic E-state index is 11.1. The van der Waals surface area contributed by atoms with Crippen molar-refractivity contribution >= 4 is 29.2 Å². The van der Waals surface area contributed by atoms with E-state index in [9.17, 15) is 4.79 Å². The van der Waals surface area contributed by atoms with Gasteiger partial charge in [-0.05, 0) is 41.8 Å². The maximum Gasteiger partial charge on any atom is 0.308 e. The van der Waals surface area contributed by atoms with Crippen LogP contribution in [0, 0.1) is 0 Å². The molecular weight excluding hydrogens is 371 g/mol. The van der Waals surface area contributed by atoms with E-state index in [4.69, 9.17) is 32.7 Å². The number of hydrogen-bond acceptors (Lipinski definition) is 3. The number of hydrogen-bond donors (Lipinski definition) is 0. The summed E-state index contributed by atoms with van der Waals surface area (Å²) >= 11 is 12.8. The second kappa shape index (κ2) is 8.79. The van der Waals surface area contributed by atoms with Gasteiger partial charge in [0.1, 0.15) is 5.75 Å². The van der Waals surface area contributed by atoms with Gasteiger partial charge in [0.2, 0.25) is 0 Å². The maximum atomic E-state index is 11.1. The van der Waals surface area contributed by atoms with Crippen LogP contribution in [0.3, 0.4) is 0 Å². The van der Waals surface area contributed by atoms with Crippen molar-refractivity contribution in [3.63, 3.8) is 0 Å². The molecule has 0 saturated carbocycles. The van der Waals surface area contributed by atoms with Gasteiger partial charge in [0.15, 0.2) is 5.75 Å². The van der Waals surface area contributed by atoms with Crippen molar-refractivity contribution in [2.45, 2.75) is 46.0 Å². The molecule has 0 aliphatic heterocycles. The van der Waals surface area contributed by atoms with Crippen LogP contribution in [0.2, 0.25) is 10.0 Å². The van der Waals surface area contributed by atoms with Crippen LogP contribution in [0.15, 0.2) is 36.4 Å². The molecule has 5 heteroatoms. The molecule has 2 rings (SSSR count). The van der Waals surface area contributed by atoms with E-state index in [0.29, 0.717) is 28.2 Å². The third-order valence-corrected chi connectivity index (χ3v) is 4.86. The molecule has 0 saturated heterocycles. The number of halogens is 2. The van der Waals surface area contributed by atoms with Gasteiger partial charge < -0.3 is 9.47 Å². The Morgan fingerprint density at radius 3 is 2.12 bits per heavy atom. The van der Waals surface area contributed by atoms with Crippen LogP contribution in [-0.2, 0) is 10.2 Å². The summed E-state index contributed by atoms with van der Waals surface area (Å²) in [6.07, 6.45) is 2.00. The molecule has 0 radical (unpaired) electrons. The predicted octanol–water partition coefficient (Wildman–Crippen LogP) is 6.42. The van der Waals surface area contributed by atoms with Crippen LogP contribution in [0.1, 0.15) is 51.7 Å². The Morgan fingerprint density at radius 1 is 1.04 bits per heavy atom. The molecule has 0 unspecified atom stereocenters. The highest BCUT2D eigenvalue weighted by Crippen LogP contribution is 2.40. The molecule has 0 N–H and O–H groups in total. The fourth-order valence-corrected chi connectivity index (χ4v) is 3.25. The smallest absolute Gasteiger partial charge is 0.308 e. The minimum absolute atomic E-state index is 0.329. The van der Waals surface area contributed by atoms with Crippen LogP contribution in [0.5, 0.6) is 11.5 Å². The highest BCUT2D eigenvalue weighted by molar-refractivity contribution is 6.37. The van der Waals surface area contributed by atoms with Crippen molar-refractivity contribution in [1.29, 1.82) is 0 Å². The lowest BCUT2D eigenvalue weighted by atomic mass is 9.78. The number of rotatable bonds is 7. The fourth-order valence-electron chi connectivity index (χ4n) is 2.65. The van der Waals surface area contributed by atoms with E-state index < -0.39 is 0 Å². The zero-order chi connectivity index (χ0) is 19.3. The van der Waals surface area contributed by atoms with Crippen LogP contribution in [0.25, 0.3) is 0 Å². The van der Waals surface area contributed by atoms with Gasteiger partial charge in [0, 0.05) is 12.3 Å². The first kappa shape index (κ1) is 20.6. The zero-order valence-electron chi connectivity index (χ0n) is 15.6. The van der Waals surface area contributed by atoms with E-state index in [0.717, 1.165) is 24.0 Å². The van der Waals surface area contributed by atoms with E-state index in [1.54, 1.807) is 12.1 Å². The third-order valence-electron chi connectivity index (χ3n) is 4.30. The first-order chi connectivity index (χ1) is 12.3. The summed E-state index contributed by atoms with van der Waals surface area (Å²) in [5, 5.41) is 1.02. The average Bonchev–Trinajstić information content (AvgIpc) is 2.57. The Balaban J connectivity index is 2.29. The molecule has 0 fully saturated rings. The molecule has 0 aliphatic carbocycles. The van der Waals surface area contributed by atoms with Gasteiger partial charge in [0.05, 0.1) is 16.7 Å². The number of unbranched alkanes of at least 4 members (excludes halogenated alkanes) is 1. The van der Waals surface area contributed by atoms with Gasteiger partial charge in [-0.1, -0.05) is 62.5 Å². The molecule has 0 amide bonds. The molecule has 2 aromatic carbocycles. The van der Waals surface area contributed by atoms with E-state index in [-0.39, 0.29) is 11.4 Å². The molecule has 26 heavy (non-hydrogen) atoms. The van der Waals surface area contributed by atoms with Crippen LogP contribution < -0.4 is 9.47 Å². The Labute approximate surface area is 165 Å². The van der Waals surface area contributed by atoms with Crippen molar-refractivity contribution in [2.75, 3.05) is 6.61 Å². The van der Waals surface area contributed by atoms with E-state index in [2.05, 4.69) is 20.8 Å². The van der Waals surface area contributed by atoms with E-state index in [1.807, 2.05) is 24.3 Å². The second-order valence-electron chi connectivity index (χ2n) is 6.71. The fraction of sp³-hybridized carbons (Fsp3) is 0.381. The molecule has 0 bridgehead atoms. The Morgan fingerprint density at radius 2 is 1.62 bits per heavy atom. The quantitative estimate of drug-likeness (QED) is 0.308. The summed E-state index contributed by atoms with van der Waals surface area (Å²) in [6.45, 7) is 8.26. The molecular formula is C21H24Cl2O3. The first-order valence-electron chi connectivity index (χ1n) is 8.67. The van der Waals surface area contributed by atoms with Crippen molar-refractivity contribution in [3.8, 4) is 11.5 Å². The standard InChI is InChI=1S/C21H24Cl2O3/c1-5-6-11-25-20-18(22)12-16(13-19(20)23)21(3,4)15-7-9-17(10-8-15)26-14(2)24/h7-10,12-13H,5-6,11H2,1-4H3. The monoisotopic (exact) mass is 394 g/mol. The van der Waals surface area contributed by atoms with E-state index in [1.165, 1.54) is 6.92 Å². The molecule has 3 nitrogen and oxygen atoms in total. The molecule has 0 atom stereocenters. The van der Waals surface area contributed by atoms with Crippen molar-refractivity contribution in [2.24, 2.45) is 0 Å². The van der Waals surface area contributed by atoms with Gasteiger partial charge in [0.25, 0.3) is 0 Å². The second-order valence-corrected chi connectivity index (χ2v) is 7.53. The van der Waals surface area contributed by atoms with Crippen molar-refractivity contribution in [1.82, 2.24) is 0 Å². The lowest BCUT2D eigenvalue weighted by Gasteiger charge is -2.27. The molecule has 140 valence electrons. The van der Waals surface area contributed by atoms with Crippen LogP contribution >= 0.6 is 23.2 Å². The molecule has 0 spiro atoms. The van der Waals surface area contributed by atoms with E-state index >= 15 is 0 Å². The first-order valence-corrected chi connectivity index (χ1v) is 9.42. The Bertz CT molecular complexity index is 744. The normalized spacial score (nSPS) is 11.3. The van der Waals surface area contributed by atoms with Crippen molar-refractivity contribution in [3.05, 3.63) is 57.6 Å². The lowest BCUT2D eigenvalue weighted by Crippen LogP contribution is -2.19. The van der Waals surface area contributed by atoms with Gasteiger partial charge in [-0.15, -0.1) is 0 Å². The summed E-state index contributed by atoms with van der Waals surface area (Å²) in [7, 11) is 0. The molecule has 0 aliphatic rings. The number of carbonyl (C=O) groups is 1. The summed E-state index contributed by atoms with van der Waals surface area (Å²) in [5.74, 6) is 0.716.